The molecule has 1 aliphatic rings. The molecule has 3 atom stereocenters. The average Bonchev–Trinajstić information content (AvgIpc) is 3.16. The normalized spacial score (nSPS) is 22.4. The standard InChI is InChI=1S/C14H18N6OS/c1-8(13-19-20-14(15)22-13)17-12(21)10-7-16-18-11(10)9-5-3-2-4-6-9/h2-6,8,10-11,16,18H,7H2,1H3,(H2,15,20)(H,17,21). The molecule has 22 heavy (non-hydrogen) atoms. The summed E-state index contributed by atoms with van der Waals surface area (Å²) in [5.74, 6) is -0.206. The van der Waals surface area contributed by atoms with Gasteiger partial charge < -0.3 is 11.1 Å². The molecular weight excluding hydrogens is 300 g/mol. The first-order chi connectivity index (χ1) is 10.6. The highest BCUT2D eigenvalue weighted by Gasteiger charge is 2.34. The van der Waals surface area contributed by atoms with E-state index in [9.17, 15) is 4.79 Å². The minimum Gasteiger partial charge on any atom is -0.374 e. The van der Waals surface area contributed by atoms with Crippen molar-refractivity contribution in [2.24, 2.45) is 5.92 Å². The van der Waals surface area contributed by atoms with Crippen LogP contribution in [-0.4, -0.2) is 22.6 Å². The zero-order chi connectivity index (χ0) is 15.5. The van der Waals surface area contributed by atoms with Crippen molar-refractivity contribution >= 4 is 22.4 Å². The fraction of sp³-hybridized carbons (Fsp3) is 0.357. The molecule has 2 heterocycles. The van der Waals surface area contributed by atoms with E-state index >= 15 is 0 Å². The van der Waals surface area contributed by atoms with Crippen LogP contribution in [0.1, 0.15) is 29.6 Å². The summed E-state index contributed by atoms with van der Waals surface area (Å²) in [6, 6.07) is 9.67. The van der Waals surface area contributed by atoms with Gasteiger partial charge in [-0.15, -0.1) is 10.2 Å². The zero-order valence-electron chi connectivity index (χ0n) is 12.1. The Kier molecular flexibility index (Phi) is 4.32. The van der Waals surface area contributed by atoms with Crippen LogP contribution in [0.5, 0.6) is 0 Å². The van der Waals surface area contributed by atoms with Gasteiger partial charge in [-0.3, -0.25) is 10.2 Å². The zero-order valence-corrected chi connectivity index (χ0v) is 12.9. The van der Waals surface area contributed by atoms with Gasteiger partial charge in [-0.2, -0.15) is 0 Å². The van der Waals surface area contributed by atoms with Gasteiger partial charge in [0, 0.05) is 6.54 Å². The molecule has 5 N–H and O–H groups in total. The Morgan fingerprint density at radius 2 is 2.18 bits per heavy atom. The molecule has 0 bridgehead atoms. The van der Waals surface area contributed by atoms with Crippen LogP contribution in [0.15, 0.2) is 30.3 Å². The van der Waals surface area contributed by atoms with E-state index < -0.39 is 0 Å². The summed E-state index contributed by atoms with van der Waals surface area (Å²) in [5.41, 5.74) is 12.9. The second kappa shape index (κ2) is 6.39. The highest BCUT2D eigenvalue weighted by atomic mass is 32.1. The second-order valence-electron chi connectivity index (χ2n) is 5.23. The average molecular weight is 318 g/mol. The van der Waals surface area contributed by atoms with Crippen LogP contribution in [0.4, 0.5) is 5.13 Å². The molecule has 116 valence electrons. The maximum Gasteiger partial charge on any atom is 0.226 e. The molecule has 1 saturated heterocycles. The SMILES string of the molecule is CC(NC(=O)C1CNNC1c1ccccc1)c1nnc(N)s1. The smallest absolute Gasteiger partial charge is 0.226 e. The number of anilines is 1. The van der Waals surface area contributed by atoms with Crippen molar-refractivity contribution < 1.29 is 4.79 Å². The summed E-state index contributed by atoms with van der Waals surface area (Å²) in [7, 11) is 0. The molecule has 3 unspecified atom stereocenters. The number of nitrogens with zero attached hydrogens (tertiary/aromatic N) is 2. The molecule has 1 aromatic carbocycles. The maximum absolute atomic E-state index is 12.6. The van der Waals surface area contributed by atoms with Crippen molar-refractivity contribution in [1.29, 1.82) is 0 Å². The monoisotopic (exact) mass is 318 g/mol. The highest BCUT2D eigenvalue weighted by Crippen LogP contribution is 2.26. The predicted molar refractivity (Wildman–Crippen MR) is 84.7 cm³/mol. The lowest BCUT2D eigenvalue weighted by Crippen LogP contribution is -2.36. The lowest BCUT2D eigenvalue weighted by Gasteiger charge is -2.20. The molecule has 0 radical (unpaired) electrons. The minimum atomic E-state index is -0.209. The van der Waals surface area contributed by atoms with Gasteiger partial charge in [0.15, 0.2) is 0 Å². The van der Waals surface area contributed by atoms with E-state index in [1.807, 2.05) is 37.3 Å². The molecule has 0 spiro atoms. The Morgan fingerprint density at radius 3 is 2.86 bits per heavy atom. The van der Waals surface area contributed by atoms with Gasteiger partial charge >= 0.3 is 0 Å². The van der Waals surface area contributed by atoms with Gasteiger partial charge in [-0.05, 0) is 12.5 Å². The van der Waals surface area contributed by atoms with Gasteiger partial charge in [-0.1, -0.05) is 41.7 Å². The number of nitrogens with two attached hydrogens (primary N) is 1. The highest BCUT2D eigenvalue weighted by molar-refractivity contribution is 7.15. The molecular formula is C14H18N6OS. The summed E-state index contributed by atoms with van der Waals surface area (Å²) in [4.78, 5) is 12.6. The van der Waals surface area contributed by atoms with Crippen LogP contribution >= 0.6 is 11.3 Å². The number of carbonyl (C=O) groups is 1. The Morgan fingerprint density at radius 1 is 1.41 bits per heavy atom. The maximum atomic E-state index is 12.6. The van der Waals surface area contributed by atoms with E-state index in [1.165, 1.54) is 11.3 Å². The number of amides is 1. The van der Waals surface area contributed by atoms with Gasteiger partial charge in [-0.25, -0.2) is 5.43 Å². The Hall–Kier alpha value is -2.03. The van der Waals surface area contributed by atoms with Crippen LogP contribution in [0.2, 0.25) is 0 Å². The first-order valence-electron chi connectivity index (χ1n) is 7.07. The third-order valence-electron chi connectivity index (χ3n) is 3.66. The minimum absolute atomic E-state index is 0.0207. The Labute approximate surface area is 132 Å². The van der Waals surface area contributed by atoms with E-state index in [0.717, 1.165) is 5.56 Å². The molecule has 1 aliphatic heterocycles. The lowest BCUT2D eigenvalue weighted by molar-refractivity contribution is -0.125. The largest absolute Gasteiger partial charge is 0.374 e. The number of hydrazine groups is 1. The third kappa shape index (κ3) is 3.08. The molecule has 1 amide bonds. The molecule has 0 saturated carbocycles. The number of nitrogen functional groups attached to an aromatic ring is 1. The van der Waals surface area contributed by atoms with Gasteiger partial charge in [0.2, 0.25) is 11.0 Å². The Balaban J connectivity index is 1.69. The van der Waals surface area contributed by atoms with Crippen molar-refractivity contribution in [1.82, 2.24) is 26.4 Å². The van der Waals surface area contributed by atoms with Crippen molar-refractivity contribution in [3.05, 3.63) is 40.9 Å². The topological polar surface area (TPSA) is 105 Å². The van der Waals surface area contributed by atoms with Crippen molar-refractivity contribution in [3.8, 4) is 0 Å². The fourth-order valence-electron chi connectivity index (χ4n) is 2.52. The van der Waals surface area contributed by atoms with Gasteiger partial charge in [0.05, 0.1) is 18.0 Å². The molecule has 8 heteroatoms. The molecule has 1 aromatic heterocycles. The van der Waals surface area contributed by atoms with Gasteiger partial charge in [0.25, 0.3) is 0 Å². The summed E-state index contributed by atoms with van der Waals surface area (Å²) in [6.45, 7) is 2.46. The van der Waals surface area contributed by atoms with E-state index in [4.69, 9.17) is 5.73 Å². The number of nitrogens with one attached hydrogen (secondary N) is 3. The van der Waals surface area contributed by atoms with Crippen LogP contribution in [0.3, 0.4) is 0 Å². The second-order valence-corrected chi connectivity index (χ2v) is 6.27. The van der Waals surface area contributed by atoms with E-state index in [1.54, 1.807) is 0 Å². The summed E-state index contributed by atoms with van der Waals surface area (Å²) >= 11 is 1.29. The molecule has 7 nitrogen and oxygen atoms in total. The van der Waals surface area contributed by atoms with Crippen molar-refractivity contribution in [2.75, 3.05) is 12.3 Å². The number of aromatic nitrogens is 2. The third-order valence-corrected chi connectivity index (χ3v) is 4.60. The number of rotatable bonds is 4. The van der Waals surface area contributed by atoms with Crippen molar-refractivity contribution in [2.45, 2.75) is 19.0 Å². The van der Waals surface area contributed by atoms with E-state index in [0.29, 0.717) is 16.7 Å². The predicted octanol–water partition coefficient (Wildman–Crippen LogP) is 0.763. The summed E-state index contributed by atoms with van der Waals surface area (Å²) < 4.78 is 0. The number of hydrogen-bond donors (Lipinski definition) is 4. The first-order valence-corrected chi connectivity index (χ1v) is 7.89. The van der Waals surface area contributed by atoms with E-state index in [-0.39, 0.29) is 23.9 Å². The van der Waals surface area contributed by atoms with Crippen LogP contribution < -0.4 is 21.9 Å². The van der Waals surface area contributed by atoms with Crippen LogP contribution in [0.25, 0.3) is 0 Å². The van der Waals surface area contributed by atoms with Crippen LogP contribution in [-0.2, 0) is 4.79 Å². The first kappa shape index (κ1) is 14.9. The lowest BCUT2D eigenvalue weighted by atomic mass is 9.94. The summed E-state index contributed by atoms with van der Waals surface area (Å²) in [5, 5.41) is 11.8. The molecule has 0 aliphatic carbocycles. The quantitative estimate of drug-likeness (QED) is 0.663. The van der Waals surface area contributed by atoms with E-state index in [2.05, 4.69) is 26.4 Å². The molecule has 2 aromatic rings. The number of hydrogen-bond acceptors (Lipinski definition) is 7. The van der Waals surface area contributed by atoms with Crippen molar-refractivity contribution in [3.63, 3.8) is 0 Å². The Bertz CT molecular complexity index is 646. The molecule has 3 rings (SSSR count). The number of carbonyl (C=O) groups excluding carboxylic acids is 1. The fourth-order valence-corrected chi connectivity index (χ4v) is 3.13. The van der Waals surface area contributed by atoms with Gasteiger partial charge in [0.1, 0.15) is 5.01 Å². The number of benzene rings is 1. The molecule has 1 fully saturated rings. The summed E-state index contributed by atoms with van der Waals surface area (Å²) in [6.07, 6.45) is 0. The van der Waals surface area contributed by atoms with Crippen LogP contribution in [0, 0.1) is 5.92 Å².